The minimum absolute atomic E-state index is 0.241. The molecule has 1 aliphatic rings. The Bertz CT molecular complexity index is 893. The molecule has 7 nitrogen and oxygen atoms in total. The van der Waals surface area contributed by atoms with Gasteiger partial charge in [0.15, 0.2) is 5.69 Å². The highest BCUT2D eigenvalue weighted by Crippen LogP contribution is 2.27. The van der Waals surface area contributed by atoms with E-state index in [1.165, 1.54) is 4.68 Å². The Kier molecular flexibility index (Phi) is 7.32. The summed E-state index contributed by atoms with van der Waals surface area (Å²) in [5.74, 6) is 0.409. The van der Waals surface area contributed by atoms with Gasteiger partial charge in [-0.2, -0.15) is 5.10 Å². The van der Waals surface area contributed by atoms with Crippen LogP contribution >= 0.6 is 27.5 Å². The first kappa shape index (κ1) is 21.8. The highest BCUT2D eigenvalue weighted by molar-refractivity contribution is 9.10. The van der Waals surface area contributed by atoms with Crippen molar-refractivity contribution < 1.29 is 9.59 Å². The van der Waals surface area contributed by atoms with E-state index in [2.05, 4.69) is 43.6 Å². The van der Waals surface area contributed by atoms with Gasteiger partial charge in [0.2, 0.25) is 0 Å². The molecule has 1 aromatic heterocycles. The third-order valence-electron chi connectivity index (χ3n) is 5.23. The van der Waals surface area contributed by atoms with Gasteiger partial charge in [0, 0.05) is 13.6 Å². The monoisotopic (exact) mass is 481 g/mol. The highest BCUT2D eigenvalue weighted by atomic mass is 79.9. The van der Waals surface area contributed by atoms with Gasteiger partial charge in [0.1, 0.15) is 5.82 Å². The van der Waals surface area contributed by atoms with E-state index in [4.69, 9.17) is 11.6 Å². The van der Waals surface area contributed by atoms with Crippen molar-refractivity contribution in [3.05, 3.63) is 45.0 Å². The van der Waals surface area contributed by atoms with Crippen LogP contribution in [0.25, 0.3) is 0 Å². The molecule has 1 aromatic carbocycles. The molecule has 0 unspecified atom stereocenters. The van der Waals surface area contributed by atoms with Crippen molar-refractivity contribution in [2.45, 2.75) is 19.3 Å². The van der Waals surface area contributed by atoms with Crippen LogP contribution in [0.1, 0.15) is 40.1 Å². The molecule has 3 rings (SSSR count). The zero-order valence-corrected chi connectivity index (χ0v) is 18.9. The van der Waals surface area contributed by atoms with Gasteiger partial charge >= 0.3 is 0 Å². The maximum absolute atomic E-state index is 12.6. The Morgan fingerprint density at radius 2 is 1.90 bits per heavy atom. The molecule has 2 heterocycles. The molecule has 0 radical (unpaired) electrons. The van der Waals surface area contributed by atoms with Gasteiger partial charge in [-0.1, -0.05) is 23.7 Å². The first-order valence-electron chi connectivity index (χ1n) is 9.62. The molecule has 0 spiro atoms. The first-order valence-corrected chi connectivity index (χ1v) is 10.8. The smallest absolute Gasteiger partial charge is 0.273 e. The summed E-state index contributed by atoms with van der Waals surface area (Å²) in [4.78, 5) is 27.4. The number of aryl methyl sites for hydroxylation is 1. The largest absolute Gasteiger partial charge is 0.351 e. The van der Waals surface area contributed by atoms with Crippen LogP contribution in [-0.2, 0) is 7.05 Å². The Hall–Kier alpha value is -1.90. The van der Waals surface area contributed by atoms with E-state index >= 15 is 0 Å². The Morgan fingerprint density at radius 3 is 2.59 bits per heavy atom. The lowest BCUT2D eigenvalue weighted by Gasteiger charge is -2.28. The Balaban J connectivity index is 1.60. The molecule has 1 aliphatic heterocycles. The van der Waals surface area contributed by atoms with Crippen molar-refractivity contribution in [1.29, 1.82) is 0 Å². The third kappa shape index (κ3) is 5.38. The SMILES string of the molecule is CN1CCC(CCNC(=O)c2nn(C)c(NC(=O)c3ccccc3Cl)c2Br)CC1. The zero-order valence-electron chi connectivity index (χ0n) is 16.5. The second-order valence-electron chi connectivity index (χ2n) is 7.36. The van der Waals surface area contributed by atoms with Crippen molar-refractivity contribution in [3.63, 3.8) is 0 Å². The van der Waals surface area contributed by atoms with E-state index in [0.29, 0.717) is 33.3 Å². The van der Waals surface area contributed by atoms with Crippen LogP contribution in [-0.4, -0.2) is 53.2 Å². The predicted octanol–water partition coefficient (Wildman–Crippen LogP) is 3.55. The van der Waals surface area contributed by atoms with Crippen LogP contribution in [0.5, 0.6) is 0 Å². The summed E-state index contributed by atoms with van der Waals surface area (Å²) in [5, 5.41) is 10.3. The van der Waals surface area contributed by atoms with E-state index in [-0.39, 0.29) is 17.5 Å². The molecule has 156 valence electrons. The number of aromatic nitrogens is 2. The van der Waals surface area contributed by atoms with Crippen LogP contribution in [0.2, 0.25) is 5.02 Å². The molecule has 2 amide bonds. The number of nitrogens with zero attached hydrogens (tertiary/aromatic N) is 3. The van der Waals surface area contributed by atoms with Gasteiger partial charge in [0.05, 0.1) is 15.1 Å². The van der Waals surface area contributed by atoms with Crippen LogP contribution < -0.4 is 10.6 Å². The molecule has 0 bridgehead atoms. The molecule has 0 saturated carbocycles. The fourth-order valence-corrected chi connectivity index (χ4v) is 4.26. The van der Waals surface area contributed by atoms with Crippen molar-refractivity contribution >= 4 is 45.2 Å². The van der Waals surface area contributed by atoms with Crippen LogP contribution in [0.3, 0.4) is 0 Å². The number of benzene rings is 1. The normalized spacial score (nSPS) is 15.3. The first-order chi connectivity index (χ1) is 13.9. The fourth-order valence-electron chi connectivity index (χ4n) is 3.42. The van der Waals surface area contributed by atoms with Crippen LogP contribution in [0, 0.1) is 5.92 Å². The maximum Gasteiger partial charge on any atom is 0.273 e. The number of likely N-dealkylation sites (tertiary alicyclic amines) is 1. The maximum atomic E-state index is 12.6. The summed E-state index contributed by atoms with van der Waals surface area (Å²) < 4.78 is 1.90. The minimum atomic E-state index is -0.367. The summed E-state index contributed by atoms with van der Waals surface area (Å²) >= 11 is 9.49. The topological polar surface area (TPSA) is 79.3 Å². The van der Waals surface area contributed by atoms with E-state index in [1.54, 1.807) is 31.3 Å². The summed E-state index contributed by atoms with van der Waals surface area (Å²) in [7, 11) is 3.81. The van der Waals surface area contributed by atoms with Crippen molar-refractivity contribution in [1.82, 2.24) is 20.0 Å². The molecular weight excluding hydrogens is 458 g/mol. The number of hydrogen-bond acceptors (Lipinski definition) is 4. The summed E-state index contributed by atoms with van der Waals surface area (Å²) in [6, 6.07) is 6.78. The second kappa shape index (κ2) is 9.73. The molecule has 0 aliphatic carbocycles. The van der Waals surface area contributed by atoms with Gasteiger partial charge in [-0.25, -0.2) is 0 Å². The number of halogens is 2. The quantitative estimate of drug-likeness (QED) is 0.660. The molecule has 2 N–H and O–H groups in total. The van der Waals surface area contributed by atoms with E-state index in [1.807, 2.05) is 0 Å². The van der Waals surface area contributed by atoms with Crippen molar-refractivity contribution in [2.75, 3.05) is 32.0 Å². The van der Waals surface area contributed by atoms with Gasteiger partial charge < -0.3 is 15.5 Å². The van der Waals surface area contributed by atoms with Crippen LogP contribution in [0.4, 0.5) is 5.82 Å². The summed E-state index contributed by atoms with van der Waals surface area (Å²) in [6.07, 6.45) is 3.29. The lowest BCUT2D eigenvalue weighted by Crippen LogP contribution is -2.32. The van der Waals surface area contributed by atoms with E-state index in [0.717, 1.165) is 32.4 Å². The number of rotatable bonds is 6. The number of amides is 2. The van der Waals surface area contributed by atoms with Crippen molar-refractivity contribution in [3.8, 4) is 0 Å². The molecule has 9 heteroatoms. The number of hydrogen-bond donors (Lipinski definition) is 2. The minimum Gasteiger partial charge on any atom is -0.351 e. The standard InChI is InChI=1S/C20H25BrClN5O2/c1-26-11-8-13(9-12-26)7-10-23-20(29)17-16(21)18(27(2)25-17)24-19(28)14-5-3-4-6-15(14)22/h3-6,13H,7-12H2,1-2H3,(H,23,29)(H,24,28). The van der Waals surface area contributed by atoms with Crippen LogP contribution in [0.15, 0.2) is 28.7 Å². The summed E-state index contributed by atoms with van der Waals surface area (Å²) in [6.45, 7) is 2.83. The lowest BCUT2D eigenvalue weighted by molar-refractivity contribution is 0.0941. The van der Waals surface area contributed by atoms with Gasteiger partial charge in [-0.3, -0.25) is 14.3 Å². The average molecular weight is 483 g/mol. The molecule has 0 atom stereocenters. The number of carbonyl (C=O) groups excluding carboxylic acids is 2. The van der Waals surface area contributed by atoms with Gasteiger partial charge in [0.25, 0.3) is 11.8 Å². The lowest BCUT2D eigenvalue weighted by atomic mass is 9.94. The molecule has 29 heavy (non-hydrogen) atoms. The second-order valence-corrected chi connectivity index (χ2v) is 8.56. The molecule has 1 saturated heterocycles. The Morgan fingerprint density at radius 1 is 1.21 bits per heavy atom. The summed E-state index contributed by atoms with van der Waals surface area (Å²) in [5.41, 5.74) is 0.594. The fraction of sp³-hybridized carbons (Fsp3) is 0.450. The van der Waals surface area contributed by atoms with Gasteiger partial charge in [-0.05, 0) is 73.4 Å². The molecular formula is C20H25BrClN5O2. The van der Waals surface area contributed by atoms with Gasteiger partial charge in [-0.15, -0.1) is 0 Å². The number of nitrogens with one attached hydrogen (secondary N) is 2. The number of carbonyl (C=O) groups is 2. The number of anilines is 1. The van der Waals surface area contributed by atoms with E-state index < -0.39 is 0 Å². The highest BCUT2D eigenvalue weighted by Gasteiger charge is 2.23. The average Bonchev–Trinajstić information content (AvgIpc) is 2.98. The number of piperidine rings is 1. The zero-order chi connectivity index (χ0) is 21.0. The van der Waals surface area contributed by atoms with E-state index in [9.17, 15) is 9.59 Å². The molecule has 1 fully saturated rings. The molecule has 2 aromatic rings. The third-order valence-corrected chi connectivity index (χ3v) is 6.31. The van der Waals surface area contributed by atoms with Crippen molar-refractivity contribution in [2.24, 2.45) is 13.0 Å². The Labute approximate surface area is 183 Å². The predicted molar refractivity (Wildman–Crippen MR) is 117 cm³/mol.